The monoisotopic (exact) mass is 388 g/mol. The number of amides is 2. The Balaban J connectivity index is 1.68. The zero-order valence-electron chi connectivity index (χ0n) is 15.0. The molecule has 2 heterocycles. The molecule has 4 nitrogen and oxygen atoms in total. The maximum Gasteiger partial charge on any atom is 0.416 e. The molecule has 2 aromatic carbocycles. The van der Waals surface area contributed by atoms with E-state index in [1.807, 2.05) is 0 Å². The van der Waals surface area contributed by atoms with E-state index in [2.05, 4.69) is 5.32 Å². The van der Waals surface area contributed by atoms with E-state index in [1.165, 1.54) is 12.1 Å². The number of hydrogen-bond acceptors (Lipinski definition) is 2. The smallest absolute Gasteiger partial charge is 0.335 e. The number of hydrogen-bond donors (Lipinski definition) is 1. The standard InChI is InChI=1S/C21H19F3N2O2/c22-21(23,24)13-6-5-7-14(12-13)25-19(27)18-15-8-1-2-9-16(15)20(28)26-11-4-3-10-17(18)26/h1-2,5-9,12,17-18H,3-4,10-11H2,(H,25,27). The largest absolute Gasteiger partial charge is 0.416 e. The van der Waals surface area contributed by atoms with E-state index in [0.29, 0.717) is 24.1 Å². The summed E-state index contributed by atoms with van der Waals surface area (Å²) < 4.78 is 38.9. The Morgan fingerprint density at radius 2 is 1.86 bits per heavy atom. The Kier molecular flexibility index (Phi) is 4.61. The van der Waals surface area contributed by atoms with Crippen molar-refractivity contribution in [2.75, 3.05) is 11.9 Å². The van der Waals surface area contributed by atoms with Crippen LogP contribution in [-0.2, 0) is 11.0 Å². The average Bonchev–Trinajstić information content (AvgIpc) is 2.68. The molecule has 4 rings (SSSR count). The second-order valence-electron chi connectivity index (χ2n) is 7.19. The summed E-state index contributed by atoms with van der Waals surface area (Å²) in [6, 6.07) is 11.3. The molecule has 2 amide bonds. The van der Waals surface area contributed by atoms with Gasteiger partial charge in [0, 0.05) is 23.8 Å². The van der Waals surface area contributed by atoms with Gasteiger partial charge in [-0.1, -0.05) is 24.3 Å². The minimum Gasteiger partial charge on any atom is -0.335 e. The maximum absolute atomic E-state index is 13.1. The molecule has 146 valence electrons. The predicted molar refractivity (Wildman–Crippen MR) is 97.9 cm³/mol. The molecule has 0 saturated carbocycles. The fourth-order valence-electron chi connectivity index (χ4n) is 4.19. The van der Waals surface area contributed by atoms with E-state index in [9.17, 15) is 22.8 Å². The van der Waals surface area contributed by atoms with Crippen molar-refractivity contribution in [3.63, 3.8) is 0 Å². The van der Waals surface area contributed by atoms with Gasteiger partial charge >= 0.3 is 6.18 Å². The van der Waals surface area contributed by atoms with E-state index in [1.54, 1.807) is 29.2 Å². The molecule has 2 aliphatic rings. The van der Waals surface area contributed by atoms with Crippen molar-refractivity contribution < 1.29 is 22.8 Å². The van der Waals surface area contributed by atoms with Crippen LogP contribution < -0.4 is 5.32 Å². The number of piperidine rings is 1. The molecule has 0 aliphatic carbocycles. The quantitative estimate of drug-likeness (QED) is 0.827. The Bertz CT molecular complexity index is 926. The highest BCUT2D eigenvalue weighted by Gasteiger charge is 2.44. The third kappa shape index (κ3) is 3.25. The number of rotatable bonds is 2. The summed E-state index contributed by atoms with van der Waals surface area (Å²) in [5.74, 6) is -1.08. The SMILES string of the molecule is O=C(Nc1cccc(C(F)(F)F)c1)C1c2ccccc2C(=O)N2CCCCC12. The number of fused-ring (bicyclic) bond motifs is 2. The highest BCUT2D eigenvalue weighted by Crippen LogP contribution is 2.39. The van der Waals surface area contributed by atoms with Gasteiger partial charge in [-0.2, -0.15) is 13.2 Å². The van der Waals surface area contributed by atoms with E-state index in [4.69, 9.17) is 0 Å². The van der Waals surface area contributed by atoms with Gasteiger partial charge in [-0.25, -0.2) is 0 Å². The second-order valence-corrected chi connectivity index (χ2v) is 7.19. The van der Waals surface area contributed by atoms with Crippen molar-refractivity contribution in [2.24, 2.45) is 0 Å². The van der Waals surface area contributed by atoms with Crippen LogP contribution >= 0.6 is 0 Å². The molecule has 1 fully saturated rings. The summed E-state index contributed by atoms with van der Waals surface area (Å²) in [5.41, 5.74) is 0.408. The first kappa shape index (κ1) is 18.5. The Morgan fingerprint density at radius 3 is 2.64 bits per heavy atom. The molecule has 2 unspecified atom stereocenters. The first-order valence-electron chi connectivity index (χ1n) is 9.24. The minimum absolute atomic E-state index is 0.0802. The highest BCUT2D eigenvalue weighted by molar-refractivity contribution is 6.04. The van der Waals surface area contributed by atoms with Gasteiger partial charge in [-0.3, -0.25) is 9.59 Å². The fourth-order valence-corrected chi connectivity index (χ4v) is 4.19. The molecule has 0 radical (unpaired) electrons. The van der Waals surface area contributed by atoms with Crippen LogP contribution in [0.15, 0.2) is 48.5 Å². The molecule has 2 aromatic rings. The van der Waals surface area contributed by atoms with Gasteiger partial charge in [0.25, 0.3) is 5.91 Å². The number of benzene rings is 2. The van der Waals surface area contributed by atoms with Gasteiger partial charge in [-0.15, -0.1) is 0 Å². The Morgan fingerprint density at radius 1 is 1.07 bits per heavy atom. The van der Waals surface area contributed by atoms with Crippen molar-refractivity contribution in [1.82, 2.24) is 4.90 Å². The summed E-state index contributed by atoms with van der Waals surface area (Å²) in [6.45, 7) is 0.588. The molecule has 28 heavy (non-hydrogen) atoms. The number of anilines is 1. The van der Waals surface area contributed by atoms with Gasteiger partial charge in [0.05, 0.1) is 11.5 Å². The molecule has 0 bridgehead atoms. The third-order valence-corrected chi connectivity index (χ3v) is 5.46. The zero-order chi connectivity index (χ0) is 19.9. The number of nitrogens with one attached hydrogen (secondary N) is 1. The van der Waals surface area contributed by atoms with Gasteiger partial charge in [0.1, 0.15) is 0 Å². The molecule has 2 aliphatic heterocycles. The van der Waals surface area contributed by atoms with E-state index < -0.39 is 23.6 Å². The normalized spacial score (nSPS) is 21.7. The molecule has 7 heteroatoms. The van der Waals surface area contributed by atoms with Crippen LogP contribution in [0, 0.1) is 0 Å². The summed E-state index contributed by atoms with van der Waals surface area (Å²) in [5, 5.41) is 2.64. The number of carbonyl (C=O) groups excluding carboxylic acids is 2. The average molecular weight is 388 g/mol. The minimum atomic E-state index is -4.48. The van der Waals surface area contributed by atoms with E-state index >= 15 is 0 Å². The molecule has 0 aromatic heterocycles. The molecule has 1 N–H and O–H groups in total. The van der Waals surface area contributed by atoms with Gasteiger partial charge in [0.15, 0.2) is 0 Å². The van der Waals surface area contributed by atoms with Gasteiger partial charge in [0.2, 0.25) is 5.91 Å². The molecule has 0 spiro atoms. The van der Waals surface area contributed by atoms with Gasteiger partial charge < -0.3 is 10.2 Å². The topological polar surface area (TPSA) is 49.4 Å². The first-order chi connectivity index (χ1) is 13.4. The Hall–Kier alpha value is -2.83. The lowest BCUT2D eigenvalue weighted by Crippen LogP contribution is -2.53. The highest BCUT2D eigenvalue weighted by atomic mass is 19.4. The van der Waals surface area contributed by atoms with Crippen molar-refractivity contribution in [2.45, 2.75) is 37.4 Å². The van der Waals surface area contributed by atoms with Crippen molar-refractivity contribution in [1.29, 1.82) is 0 Å². The number of halogens is 3. The van der Waals surface area contributed by atoms with Crippen LogP contribution in [0.25, 0.3) is 0 Å². The number of nitrogens with zero attached hydrogens (tertiary/aromatic N) is 1. The zero-order valence-corrected chi connectivity index (χ0v) is 15.0. The molecule has 2 atom stereocenters. The lowest BCUT2D eigenvalue weighted by atomic mass is 9.78. The lowest BCUT2D eigenvalue weighted by Gasteiger charge is -2.44. The lowest BCUT2D eigenvalue weighted by molar-refractivity contribution is -0.137. The Labute approximate surface area is 160 Å². The summed E-state index contributed by atoms with van der Waals surface area (Å²) in [7, 11) is 0. The van der Waals surface area contributed by atoms with Crippen LogP contribution in [0.1, 0.15) is 46.7 Å². The van der Waals surface area contributed by atoms with Crippen LogP contribution in [0.5, 0.6) is 0 Å². The van der Waals surface area contributed by atoms with E-state index in [0.717, 1.165) is 25.0 Å². The second kappa shape index (κ2) is 6.96. The van der Waals surface area contributed by atoms with Crippen LogP contribution in [0.2, 0.25) is 0 Å². The van der Waals surface area contributed by atoms with E-state index in [-0.39, 0.29) is 17.6 Å². The maximum atomic E-state index is 13.1. The van der Waals surface area contributed by atoms with Crippen molar-refractivity contribution >= 4 is 17.5 Å². The molecular formula is C21H19F3N2O2. The number of alkyl halides is 3. The molecular weight excluding hydrogens is 369 g/mol. The van der Waals surface area contributed by atoms with Crippen LogP contribution in [0.3, 0.4) is 0 Å². The summed E-state index contributed by atoms with van der Waals surface area (Å²) in [4.78, 5) is 27.7. The first-order valence-corrected chi connectivity index (χ1v) is 9.24. The fraction of sp³-hybridized carbons (Fsp3) is 0.333. The van der Waals surface area contributed by atoms with Crippen molar-refractivity contribution in [3.05, 3.63) is 65.2 Å². The van der Waals surface area contributed by atoms with Crippen molar-refractivity contribution in [3.8, 4) is 0 Å². The third-order valence-electron chi connectivity index (χ3n) is 5.46. The summed E-state index contributed by atoms with van der Waals surface area (Å²) >= 11 is 0. The molecule has 1 saturated heterocycles. The van der Waals surface area contributed by atoms with Crippen LogP contribution in [0.4, 0.5) is 18.9 Å². The summed E-state index contributed by atoms with van der Waals surface area (Å²) in [6.07, 6.45) is -2.00. The predicted octanol–water partition coefficient (Wildman–Crippen LogP) is 4.44. The van der Waals surface area contributed by atoms with Gasteiger partial charge in [-0.05, 0) is 49.1 Å². The van der Waals surface area contributed by atoms with Crippen LogP contribution in [-0.4, -0.2) is 29.3 Å². The number of carbonyl (C=O) groups is 2.